The van der Waals surface area contributed by atoms with E-state index in [1.807, 2.05) is 36.4 Å². The van der Waals surface area contributed by atoms with Crippen molar-refractivity contribution < 1.29 is 0 Å². The average Bonchev–Trinajstić information content (AvgIpc) is 3.35. The molecule has 1 aromatic carbocycles. The molecule has 0 amide bonds. The molecule has 0 spiro atoms. The number of hydrogen-bond donors (Lipinski definition) is 1. The molecule has 1 aliphatic carbocycles. The van der Waals surface area contributed by atoms with Crippen LogP contribution in [0.1, 0.15) is 25.7 Å². The Morgan fingerprint density at radius 1 is 1.07 bits per heavy atom. The van der Waals surface area contributed by atoms with Gasteiger partial charge in [-0.1, -0.05) is 36.6 Å². The first-order chi connectivity index (χ1) is 13.8. The zero-order valence-electron chi connectivity index (χ0n) is 15.2. The van der Waals surface area contributed by atoms with E-state index < -0.39 is 0 Å². The van der Waals surface area contributed by atoms with Gasteiger partial charge in [0.25, 0.3) is 0 Å². The SMILES string of the molecule is Clc1cccc(-c2nn3cnccc3c2-c2ccnc(NC3CCCC3)n2)c1. The molecule has 0 atom stereocenters. The molecule has 5 rings (SSSR count). The number of nitrogens with zero attached hydrogens (tertiary/aromatic N) is 5. The lowest BCUT2D eigenvalue weighted by atomic mass is 10.0. The fraction of sp³-hybridized carbons (Fsp3) is 0.238. The Morgan fingerprint density at radius 3 is 2.82 bits per heavy atom. The third-order valence-electron chi connectivity index (χ3n) is 5.14. The van der Waals surface area contributed by atoms with Crippen LogP contribution in [0, 0.1) is 0 Å². The van der Waals surface area contributed by atoms with Gasteiger partial charge in [-0.3, -0.25) is 0 Å². The number of fused-ring (bicyclic) bond motifs is 1. The third-order valence-corrected chi connectivity index (χ3v) is 5.38. The number of benzene rings is 1. The normalized spacial score (nSPS) is 14.6. The second kappa shape index (κ2) is 7.20. The maximum atomic E-state index is 6.23. The summed E-state index contributed by atoms with van der Waals surface area (Å²) in [5.74, 6) is 0.662. The van der Waals surface area contributed by atoms with Crippen molar-refractivity contribution >= 4 is 23.1 Å². The van der Waals surface area contributed by atoms with Crippen LogP contribution in [0.3, 0.4) is 0 Å². The zero-order valence-corrected chi connectivity index (χ0v) is 16.0. The van der Waals surface area contributed by atoms with E-state index in [1.54, 1.807) is 23.2 Å². The summed E-state index contributed by atoms with van der Waals surface area (Å²) < 4.78 is 1.78. The van der Waals surface area contributed by atoms with Crippen LogP contribution in [0.15, 0.2) is 55.1 Å². The van der Waals surface area contributed by atoms with Crippen LogP contribution in [0.4, 0.5) is 5.95 Å². The first kappa shape index (κ1) is 17.1. The lowest BCUT2D eigenvalue weighted by Crippen LogP contribution is -2.16. The number of hydrogen-bond acceptors (Lipinski definition) is 5. The van der Waals surface area contributed by atoms with Crippen molar-refractivity contribution in [2.45, 2.75) is 31.7 Å². The number of aromatic nitrogens is 5. The van der Waals surface area contributed by atoms with Crippen LogP contribution in [0.25, 0.3) is 28.0 Å². The van der Waals surface area contributed by atoms with Crippen molar-refractivity contribution in [3.63, 3.8) is 0 Å². The lowest BCUT2D eigenvalue weighted by Gasteiger charge is -2.12. The molecule has 0 aliphatic heterocycles. The number of halogens is 1. The van der Waals surface area contributed by atoms with E-state index in [4.69, 9.17) is 21.7 Å². The molecule has 3 heterocycles. The van der Waals surface area contributed by atoms with Crippen LogP contribution in [-0.4, -0.2) is 30.6 Å². The highest BCUT2D eigenvalue weighted by Gasteiger charge is 2.20. The highest BCUT2D eigenvalue weighted by atomic mass is 35.5. The lowest BCUT2D eigenvalue weighted by molar-refractivity contribution is 0.744. The minimum Gasteiger partial charge on any atom is -0.351 e. The zero-order chi connectivity index (χ0) is 18.9. The molecule has 6 nitrogen and oxygen atoms in total. The quantitative estimate of drug-likeness (QED) is 0.538. The predicted molar refractivity (Wildman–Crippen MR) is 110 cm³/mol. The van der Waals surface area contributed by atoms with E-state index in [9.17, 15) is 0 Å². The van der Waals surface area contributed by atoms with Gasteiger partial charge in [0.05, 0.1) is 16.8 Å². The second-order valence-corrected chi connectivity index (χ2v) is 7.47. The van der Waals surface area contributed by atoms with Gasteiger partial charge in [-0.05, 0) is 37.1 Å². The second-order valence-electron chi connectivity index (χ2n) is 7.04. The van der Waals surface area contributed by atoms with Crippen molar-refractivity contribution in [2.75, 3.05) is 5.32 Å². The maximum Gasteiger partial charge on any atom is 0.223 e. The summed E-state index contributed by atoms with van der Waals surface area (Å²) in [7, 11) is 0. The summed E-state index contributed by atoms with van der Waals surface area (Å²) in [6.45, 7) is 0. The Balaban J connectivity index is 1.64. The number of nitrogens with one attached hydrogen (secondary N) is 1. The van der Waals surface area contributed by atoms with Crippen LogP contribution in [0.5, 0.6) is 0 Å². The molecule has 0 saturated heterocycles. The van der Waals surface area contributed by atoms with Crippen LogP contribution >= 0.6 is 11.6 Å². The summed E-state index contributed by atoms with van der Waals surface area (Å²) in [6, 6.07) is 12.0. The molecular formula is C21H19ClN6. The summed E-state index contributed by atoms with van der Waals surface area (Å²) in [4.78, 5) is 13.4. The minimum atomic E-state index is 0.454. The molecule has 4 aromatic rings. The van der Waals surface area contributed by atoms with E-state index >= 15 is 0 Å². The van der Waals surface area contributed by atoms with Gasteiger partial charge in [-0.2, -0.15) is 5.10 Å². The number of rotatable bonds is 4. The fourth-order valence-corrected chi connectivity index (χ4v) is 4.01. The van der Waals surface area contributed by atoms with Gasteiger partial charge in [-0.25, -0.2) is 19.5 Å². The van der Waals surface area contributed by atoms with Gasteiger partial charge in [0, 0.05) is 29.0 Å². The van der Waals surface area contributed by atoms with Crippen molar-refractivity contribution in [1.29, 1.82) is 0 Å². The van der Waals surface area contributed by atoms with E-state index in [0.29, 0.717) is 17.0 Å². The van der Waals surface area contributed by atoms with Crippen molar-refractivity contribution in [1.82, 2.24) is 24.6 Å². The smallest absolute Gasteiger partial charge is 0.223 e. The molecule has 28 heavy (non-hydrogen) atoms. The van der Waals surface area contributed by atoms with Crippen LogP contribution in [0.2, 0.25) is 5.02 Å². The predicted octanol–water partition coefficient (Wildman–Crippen LogP) is 4.86. The van der Waals surface area contributed by atoms with Crippen molar-refractivity contribution in [2.24, 2.45) is 0 Å². The standard InChI is InChI=1S/C21H19ClN6/c22-15-5-3-4-14(12-15)20-19(18-9-10-23-13-28(18)27-20)17-8-11-24-21(26-17)25-16-6-1-2-7-16/h3-5,8-13,16H,1-2,6-7H2,(H,24,25,26). The third kappa shape index (κ3) is 3.20. The van der Waals surface area contributed by atoms with Crippen LogP contribution < -0.4 is 5.32 Å². The Labute approximate surface area is 167 Å². The summed E-state index contributed by atoms with van der Waals surface area (Å²) in [5, 5.41) is 8.90. The van der Waals surface area contributed by atoms with Crippen molar-refractivity contribution in [3.8, 4) is 22.5 Å². The molecule has 140 valence electrons. The molecule has 0 radical (unpaired) electrons. The first-order valence-corrected chi connectivity index (χ1v) is 9.84. The average molecular weight is 391 g/mol. The van der Waals surface area contributed by atoms with Gasteiger partial charge in [0.2, 0.25) is 5.95 Å². The number of anilines is 1. The molecule has 1 fully saturated rings. The molecule has 3 aromatic heterocycles. The van der Waals surface area contributed by atoms with Crippen LogP contribution in [-0.2, 0) is 0 Å². The summed E-state index contributed by atoms with van der Waals surface area (Å²) in [6.07, 6.45) is 10.1. The molecule has 0 unspecified atom stereocenters. The monoisotopic (exact) mass is 390 g/mol. The van der Waals surface area contributed by atoms with Crippen molar-refractivity contribution in [3.05, 3.63) is 60.1 Å². The maximum absolute atomic E-state index is 6.23. The van der Waals surface area contributed by atoms with E-state index in [0.717, 1.165) is 28.0 Å². The Hall–Kier alpha value is -2.99. The molecule has 7 heteroatoms. The fourth-order valence-electron chi connectivity index (χ4n) is 3.82. The molecule has 1 aliphatic rings. The highest BCUT2D eigenvalue weighted by molar-refractivity contribution is 6.30. The highest BCUT2D eigenvalue weighted by Crippen LogP contribution is 2.35. The van der Waals surface area contributed by atoms with E-state index in [2.05, 4.69) is 15.3 Å². The van der Waals surface area contributed by atoms with Gasteiger partial charge in [0.1, 0.15) is 12.0 Å². The molecule has 1 N–H and O–H groups in total. The topological polar surface area (TPSA) is 68.0 Å². The molecule has 1 saturated carbocycles. The van der Waals surface area contributed by atoms with Gasteiger partial charge < -0.3 is 5.32 Å². The molecule has 0 bridgehead atoms. The largest absolute Gasteiger partial charge is 0.351 e. The van der Waals surface area contributed by atoms with Gasteiger partial charge in [-0.15, -0.1) is 0 Å². The van der Waals surface area contributed by atoms with E-state index in [-0.39, 0.29) is 0 Å². The first-order valence-electron chi connectivity index (χ1n) is 9.46. The Kier molecular flexibility index (Phi) is 4.41. The minimum absolute atomic E-state index is 0.454. The Bertz CT molecular complexity index is 1130. The Morgan fingerprint density at radius 2 is 1.96 bits per heavy atom. The van der Waals surface area contributed by atoms with E-state index in [1.165, 1.54) is 25.7 Å². The summed E-state index contributed by atoms with van der Waals surface area (Å²) in [5.41, 5.74) is 4.47. The van der Waals surface area contributed by atoms with Gasteiger partial charge in [0.15, 0.2) is 0 Å². The molecular weight excluding hydrogens is 372 g/mol. The summed E-state index contributed by atoms with van der Waals surface area (Å²) >= 11 is 6.23. The van der Waals surface area contributed by atoms with Gasteiger partial charge >= 0.3 is 0 Å².